The summed E-state index contributed by atoms with van der Waals surface area (Å²) in [6, 6.07) is 21.3. The van der Waals surface area contributed by atoms with Gasteiger partial charge in [-0.3, -0.25) is 14.9 Å². The molecule has 0 aliphatic heterocycles. The number of nitrogens with zero attached hydrogens (tertiary/aromatic N) is 1. The Balaban J connectivity index is 1.39. The van der Waals surface area contributed by atoms with E-state index in [2.05, 4.69) is 11.4 Å². The van der Waals surface area contributed by atoms with Crippen molar-refractivity contribution in [2.75, 3.05) is 6.61 Å². The van der Waals surface area contributed by atoms with Gasteiger partial charge in [0.15, 0.2) is 6.61 Å². The molecule has 1 aliphatic carbocycles. The molecule has 0 saturated heterocycles. The second-order valence-electron chi connectivity index (χ2n) is 7.64. The van der Waals surface area contributed by atoms with E-state index in [4.69, 9.17) is 4.74 Å². The molecule has 0 bridgehead atoms. The quantitative estimate of drug-likeness (QED) is 0.298. The van der Waals surface area contributed by atoms with Gasteiger partial charge in [-0.15, -0.1) is 0 Å². The van der Waals surface area contributed by atoms with E-state index < -0.39 is 23.4 Å². The zero-order chi connectivity index (χ0) is 23.2. The van der Waals surface area contributed by atoms with E-state index in [1.54, 1.807) is 0 Å². The molecule has 168 valence electrons. The molecule has 0 heterocycles. The molecule has 1 atom stereocenters. The van der Waals surface area contributed by atoms with Crippen molar-refractivity contribution >= 4 is 29.3 Å². The van der Waals surface area contributed by atoms with Crippen LogP contribution in [0.3, 0.4) is 0 Å². The third-order valence-corrected chi connectivity index (χ3v) is 6.47. The van der Waals surface area contributed by atoms with Crippen molar-refractivity contribution in [1.82, 2.24) is 5.32 Å². The SMILES string of the molecule is O=C(COC(=O)c1ccc(Sc2ccccc2)c([N+](=O)[O-])c1)N[C@@H]1CCCc2ccccc21. The fraction of sp³-hybridized carbons (Fsp3) is 0.200. The van der Waals surface area contributed by atoms with Crippen LogP contribution in [0.15, 0.2) is 82.6 Å². The highest BCUT2D eigenvalue weighted by Gasteiger charge is 2.23. The van der Waals surface area contributed by atoms with E-state index in [0.717, 1.165) is 29.7 Å². The second-order valence-corrected chi connectivity index (χ2v) is 8.76. The first-order chi connectivity index (χ1) is 16.0. The molecule has 8 heteroatoms. The van der Waals surface area contributed by atoms with Gasteiger partial charge in [0.2, 0.25) is 0 Å². The van der Waals surface area contributed by atoms with Gasteiger partial charge in [-0.1, -0.05) is 54.2 Å². The lowest BCUT2D eigenvalue weighted by Crippen LogP contribution is -2.34. The van der Waals surface area contributed by atoms with Gasteiger partial charge < -0.3 is 10.1 Å². The predicted octanol–water partition coefficient (Wildman–Crippen LogP) is 5.10. The van der Waals surface area contributed by atoms with Gasteiger partial charge in [0.05, 0.1) is 21.4 Å². The van der Waals surface area contributed by atoms with Crippen LogP contribution in [0.4, 0.5) is 5.69 Å². The molecule has 0 unspecified atom stereocenters. The third kappa shape index (κ3) is 5.59. The number of fused-ring (bicyclic) bond motifs is 1. The highest BCUT2D eigenvalue weighted by Crippen LogP contribution is 2.35. The number of ether oxygens (including phenoxy) is 1. The first-order valence-corrected chi connectivity index (χ1v) is 11.4. The Morgan fingerprint density at radius 1 is 1.06 bits per heavy atom. The lowest BCUT2D eigenvalue weighted by molar-refractivity contribution is -0.387. The molecule has 3 aromatic carbocycles. The summed E-state index contributed by atoms with van der Waals surface area (Å²) >= 11 is 1.24. The Bertz CT molecular complexity index is 1180. The number of carbonyl (C=O) groups is 2. The molecule has 7 nitrogen and oxygen atoms in total. The largest absolute Gasteiger partial charge is 0.452 e. The van der Waals surface area contributed by atoms with Crippen molar-refractivity contribution in [2.24, 2.45) is 0 Å². The maximum Gasteiger partial charge on any atom is 0.338 e. The van der Waals surface area contributed by atoms with Gasteiger partial charge in [0, 0.05) is 11.0 Å². The summed E-state index contributed by atoms with van der Waals surface area (Å²) in [6.07, 6.45) is 2.77. The zero-order valence-corrected chi connectivity index (χ0v) is 18.5. The van der Waals surface area contributed by atoms with E-state index in [1.807, 2.05) is 48.5 Å². The van der Waals surface area contributed by atoms with Crippen LogP contribution >= 0.6 is 11.8 Å². The molecular weight excluding hydrogens is 440 g/mol. The lowest BCUT2D eigenvalue weighted by atomic mass is 9.88. The van der Waals surface area contributed by atoms with Gasteiger partial charge in [-0.05, 0) is 54.7 Å². The first-order valence-electron chi connectivity index (χ1n) is 10.6. The Labute approximate surface area is 195 Å². The van der Waals surface area contributed by atoms with Crippen LogP contribution in [0.2, 0.25) is 0 Å². The molecule has 0 aromatic heterocycles. The standard InChI is InChI=1S/C25H22N2O5S/c28-24(26-21-12-6-8-17-7-4-5-11-20(17)21)16-32-25(29)18-13-14-23(22(15-18)27(30)31)33-19-9-2-1-3-10-19/h1-5,7,9-11,13-15,21H,6,8,12,16H2,(H,26,28)/t21-/m1/s1. The number of benzene rings is 3. The first kappa shape index (κ1) is 22.5. The summed E-state index contributed by atoms with van der Waals surface area (Å²) in [5, 5.41) is 14.5. The number of carbonyl (C=O) groups excluding carboxylic acids is 2. The molecule has 0 fully saturated rings. The molecule has 1 amide bonds. The Hall–Kier alpha value is -3.65. The summed E-state index contributed by atoms with van der Waals surface area (Å²) in [7, 11) is 0. The van der Waals surface area contributed by atoms with Gasteiger partial charge in [-0.2, -0.15) is 0 Å². The number of nitro benzene ring substituents is 1. The molecule has 1 aliphatic rings. The fourth-order valence-corrected chi connectivity index (χ4v) is 4.76. The number of amides is 1. The van der Waals surface area contributed by atoms with Crippen LogP contribution in [0, 0.1) is 10.1 Å². The van der Waals surface area contributed by atoms with Gasteiger partial charge in [0.1, 0.15) is 0 Å². The van der Waals surface area contributed by atoms with Crippen LogP contribution in [0.25, 0.3) is 0 Å². The van der Waals surface area contributed by atoms with E-state index in [-0.39, 0.29) is 17.3 Å². The zero-order valence-electron chi connectivity index (χ0n) is 17.7. The minimum Gasteiger partial charge on any atom is -0.452 e. The molecule has 3 aromatic rings. The predicted molar refractivity (Wildman–Crippen MR) is 124 cm³/mol. The number of aryl methyl sites for hydroxylation is 1. The van der Waals surface area contributed by atoms with Crippen molar-refractivity contribution < 1.29 is 19.2 Å². The number of nitrogens with one attached hydrogen (secondary N) is 1. The van der Waals surface area contributed by atoms with Gasteiger partial charge >= 0.3 is 5.97 Å². The van der Waals surface area contributed by atoms with Gasteiger partial charge in [-0.25, -0.2) is 4.79 Å². The van der Waals surface area contributed by atoms with Gasteiger partial charge in [0.25, 0.3) is 11.6 Å². The van der Waals surface area contributed by atoms with E-state index in [1.165, 1.54) is 35.5 Å². The van der Waals surface area contributed by atoms with Crippen LogP contribution in [0.1, 0.15) is 40.4 Å². The van der Waals surface area contributed by atoms with Crippen molar-refractivity contribution in [2.45, 2.75) is 35.1 Å². The monoisotopic (exact) mass is 462 g/mol. The minimum absolute atomic E-state index is 0.0231. The number of esters is 1. The maximum absolute atomic E-state index is 12.5. The molecule has 4 rings (SSSR count). The average Bonchev–Trinajstić information content (AvgIpc) is 2.83. The minimum atomic E-state index is -0.784. The van der Waals surface area contributed by atoms with Crippen molar-refractivity contribution in [3.63, 3.8) is 0 Å². The molecule has 0 radical (unpaired) electrons. The summed E-state index contributed by atoms with van der Waals surface area (Å²) in [6.45, 7) is -0.453. The number of rotatable bonds is 7. The third-order valence-electron chi connectivity index (χ3n) is 5.40. The smallest absolute Gasteiger partial charge is 0.338 e. The summed E-state index contributed by atoms with van der Waals surface area (Å²) in [4.78, 5) is 37.1. The van der Waals surface area contributed by atoms with E-state index in [9.17, 15) is 19.7 Å². The van der Waals surface area contributed by atoms with E-state index >= 15 is 0 Å². The average molecular weight is 463 g/mol. The summed E-state index contributed by atoms with van der Waals surface area (Å²) in [5.41, 5.74) is 2.13. The van der Waals surface area contributed by atoms with Crippen LogP contribution < -0.4 is 5.32 Å². The molecule has 1 N–H and O–H groups in total. The topological polar surface area (TPSA) is 98.5 Å². The number of hydrogen-bond acceptors (Lipinski definition) is 6. The van der Waals surface area contributed by atoms with Crippen molar-refractivity contribution in [1.29, 1.82) is 0 Å². The number of hydrogen-bond donors (Lipinski definition) is 1. The summed E-state index contributed by atoms with van der Waals surface area (Å²) < 4.78 is 5.13. The van der Waals surface area contributed by atoms with Crippen molar-refractivity contribution in [3.8, 4) is 0 Å². The Kier molecular flexibility index (Phi) is 7.04. The Morgan fingerprint density at radius 2 is 1.82 bits per heavy atom. The van der Waals surface area contributed by atoms with Crippen LogP contribution in [0.5, 0.6) is 0 Å². The van der Waals surface area contributed by atoms with Crippen LogP contribution in [-0.2, 0) is 16.0 Å². The summed E-state index contributed by atoms with van der Waals surface area (Å²) in [5.74, 6) is -1.19. The maximum atomic E-state index is 12.5. The highest BCUT2D eigenvalue weighted by atomic mass is 32.2. The highest BCUT2D eigenvalue weighted by molar-refractivity contribution is 7.99. The molecular formula is C25H22N2O5S. The second kappa shape index (κ2) is 10.3. The number of nitro groups is 1. The fourth-order valence-electron chi connectivity index (χ4n) is 3.84. The van der Waals surface area contributed by atoms with E-state index in [0.29, 0.717) is 4.90 Å². The Morgan fingerprint density at radius 3 is 2.61 bits per heavy atom. The van der Waals surface area contributed by atoms with Crippen molar-refractivity contribution in [3.05, 3.63) is 99.6 Å². The van der Waals surface area contributed by atoms with Crippen LogP contribution in [-0.4, -0.2) is 23.4 Å². The molecule has 0 spiro atoms. The normalized spacial score (nSPS) is 14.7. The lowest BCUT2D eigenvalue weighted by Gasteiger charge is -2.26. The molecule has 33 heavy (non-hydrogen) atoms. The molecule has 0 saturated carbocycles.